The molecule has 0 radical (unpaired) electrons. The van der Waals surface area contributed by atoms with E-state index in [4.69, 9.17) is 5.11 Å². The van der Waals surface area contributed by atoms with Crippen LogP contribution in [-0.4, -0.2) is 46.8 Å². The van der Waals surface area contributed by atoms with Crippen molar-refractivity contribution in [3.8, 4) is 0 Å². The van der Waals surface area contributed by atoms with Crippen LogP contribution < -0.4 is 56.3 Å². The Bertz CT molecular complexity index is 1290. The molecule has 36 heavy (non-hydrogen) atoms. The number of carbonyl (C=O) groups excluding carboxylic acids is 1. The summed E-state index contributed by atoms with van der Waals surface area (Å²) < 4.78 is 35.2. The summed E-state index contributed by atoms with van der Waals surface area (Å²) in [5, 5.41) is 8.89. The molecule has 186 valence electrons. The number of carboxylic acids is 1. The predicted molar refractivity (Wildman–Crippen MR) is 134 cm³/mol. The Morgan fingerprint density at radius 2 is 1.72 bits per heavy atom. The average molecular weight is 539 g/mol. The summed E-state index contributed by atoms with van der Waals surface area (Å²) in [6.07, 6.45) is 5.71. The smallest absolute Gasteiger partial charge is 0.481 e. The molecule has 10 heteroatoms. The van der Waals surface area contributed by atoms with Gasteiger partial charge >= 0.3 is 57.4 Å². The van der Waals surface area contributed by atoms with E-state index in [0.717, 1.165) is 35.5 Å². The third-order valence-electron chi connectivity index (χ3n) is 6.19. The Balaban J connectivity index is 0.00000456. The van der Waals surface area contributed by atoms with Crippen molar-refractivity contribution in [2.75, 3.05) is 11.4 Å². The number of carboxylic acid groups (broad SMARTS) is 1. The number of aliphatic carboxylic acids is 1. The van der Waals surface area contributed by atoms with E-state index in [0.29, 0.717) is 13.0 Å². The van der Waals surface area contributed by atoms with E-state index in [2.05, 4.69) is 4.58 Å². The molecule has 0 fully saturated rings. The molecular formula is C26H31KN2O6S+2. The summed E-state index contributed by atoms with van der Waals surface area (Å²) in [7, 11) is -4.37. The van der Waals surface area contributed by atoms with Gasteiger partial charge in [0.1, 0.15) is 6.54 Å². The molecule has 0 saturated heterocycles. The normalized spacial score (nSPS) is 14.4. The minimum absolute atomic E-state index is 0. The summed E-state index contributed by atoms with van der Waals surface area (Å²) in [5.74, 6) is -0.980. The van der Waals surface area contributed by atoms with E-state index in [1.54, 1.807) is 17.2 Å². The molecule has 0 aromatic heterocycles. The molecule has 3 rings (SSSR count). The van der Waals surface area contributed by atoms with Gasteiger partial charge in [0.05, 0.1) is 10.3 Å². The predicted octanol–water partition coefficient (Wildman–Crippen LogP) is 1.53. The number of allylic oxidation sites excluding steroid dienone is 1. The first-order valence-electron chi connectivity index (χ1n) is 11.4. The Kier molecular flexibility index (Phi) is 10.8. The molecule has 8 nitrogen and oxygen atoms in total. The minimum atomic E-state index is -4.37. The van der Waals surface area contributed by atoms with Crippen molar-refractivity contribution in [1.29, 1.82) is 0 Å². The van der Waals surface area contributed by atoms with Crippen LogP contribution >= 0.6 is 0 Å². The quantitative estimate of drug-likeness (QED) is 0.205. The minimum Gasteiger partial charge on any atom is -0.481 e. The van der Waals surface area contributed by atoms with Gasteiger partial charge in [-0.05, 0) is 51.0 Å². The van der Waals surface area contributed by atoms with Crippen molar-refractivity contribution in [2.45, 2.75) is 56.8 Å². The number of fused-ring (bicyclic) bond motifs is 1. The number of amides is 1. The fourth-order valence-electron chi connectivity index (χ4n) is 4.39. The van der Waals surface area contributed by atoms with E-state index in [1.807, 2.05) is 50.3 Å². The number of carbonyl (C=O) groups is 2. The zero-order valence-corrected chi connectivity index (χ0v) is 25.1. The van der Waals surface area contributed by atoms with Crippen LogP contribution in [0.2, 0.25) is 0 Å². The van der Waals surface area contributed by atoms with Gasteiger partial charge in [0.25, 0.3) is 10.1 Å². The van der Waals surface area contributed by atoms with Crippen LogP contribution in [0.25, 0.3) is 0 Å². The van der Waals surface area contributed by atoms with Gasteiger partial charge in [0.2, 0.25) is 11.6 Å². The van der Waals surface area contributed by atoms with E-state index >= 15 is 0 Å². The largest absolute Gasteiger partial charge is 1.00 e. The Morgan fingerprint density at radius 1 is 1.06 bits per heavy atom. The van der Waals surface area contributed by atoms with Crippen molar-refractivity contribution < 1.29 is 83.6 Å². The second-order valence-electron chi connectivity index (χ2n) is 9.06. The van der Waals surface area contributed by atoms with Crippen LogP contribution in [-0.2, 0) is 25.1 Å². The van der Waals surface area contributed by atoms with Gasteiger partial charge in [-0.2, -0.15) is 13.0 Å². The monoisotopic (exact) mass is 538 g/mol. The van der Waals surface area contributed by atoms with Gasteiger partial charge < -0.3 is 5.11 Å². The maximum absolute atomic E-state index is 12.4. The van der Waals surface area contributed by atoms with E-state index in [9.17, 15) is 22.6 Å². The third kappa shape index (κ3) is 7.22. The van der Waals surface area contributed by atoms with Crippen LogP contribution in [0.4, 0.5) is 11.4 Å². The van der Waals surface area contributed by atoms with Crippen LogP contribution in [0, 0.1) is 0 Å². The van der Waals surface area contributed by atoms with Crippen molar-refractivity contribution in [3.63, 3.8) is 0 Å². The molecule has 1 heterocycles. The van der Waals surface area contributed by atoms with Gasteiger partial charge in [0.15, 0.2) is 5.71 Å². The summed E-state index contributed by atoms with van der Waals surface area (Å²) in [4.78, 5) is 24.6. The number of benzene rings is 2. The second kappa shape index (κ2) is 12.7. The summed E-state index contributed by atoms with van der Waals surface area (Å²) in [6.45, 7) is 6.00. The van der Waals surface area contributed by atoms with Gasteiger partial charge in [-0.1, -0.05) is 18.2 Å². The van der Waals surface area contributed by atoms with Crippen LogP contribution in [0.1, 0.15) is 52.0 Å². The molecule has 0 aliphatic carbocycles. The second-order valence-corrected chi connectivity index (χ2v) is 10.5. The maximum Gasteiger partial charge on any atom is 1.00 e. The number of rotatable bonds is 10. The summed E-state index contributed by atoms with van der Waals surface area (Å²) in [5.41, 5.74) is 2.52. The van der Waals surface area contributed by atoms with Crippen LogP contribution in [0.3, 0.4) is 0 Å². The Morgan fingerprint density at radius 3 is 2.31 bits per heavy atom. The van der Waals surface area contributed by atoms with Crippen LogP contribution in [0.5, 0.6) is 0 Å². The number of anilines is 1. The molecule has 0 unspecified atom stereocenters. The zero-order valence-electron chi connectivity index (χ0n) is 21.1. The molecule has 1 amide bonds. The molecule has 1 aliphatic rings. The SMILES string of the molecule is CC(=O)N(C=CC1=[N+](CCCCCC(=O)O)c2ccc(S(=O)(=O)O)cc2C1(C)C)c1ccccc1.[K+]. The maximum atomic E-state index is 12.4. The van der Waals surface area contributed by atoms with Gasteiger partial charge in [0, 0.05) is 49.4 Å². The fourth-order valence-corrected chi connectivity index (χ4v) is 4.89. The molecule has 0 saturated carbocycles. The van der Waals surface area contributed by atoms with Gasteiger partial charge in [-0.15, -0.1) is 0 Å². The Labute approximate surface area is 254 Å². The molecule has 2 aromatic carbocycles. The van der Waals surface area contributed by atoms with Crippen molar-refractivity contribution in [1.82, 2.24) is 0 Å². The molecule has 0 spiro atoms. The Hall–Kier alpha value is -1.66. The number of hydrogen-bond acceptors (Lipinski definition) is 4. The van der Waals surface area contributed by atoms with Gasteiger partial charge in [-0.25, -0.2) is 0 Å². The summed E-state index contributed by atoms with van der Waals surface area (Å²) in [6, 6.07) is 13.8. The van der Waals surface area contributed by atoms with Crippen LogP contribution in [0.15, 0.2) is 65.7 Å². The standard InChI is InChI=1S/C26H30N2O6S.K/c1-19(29)27(20-10-6-4-7-11-20)17-15-24-26(2,3)22-18-21(35(32,33)34)13-14-23(22)28(24)16-9-5-8-12-25(30)31;/h4,6-7,10-11,13-15,17-18H,5,8-9,12,16H2,1-3H3,(H-,30,31,32,33,34);/q;+1/p+1. The first-order chi connectivity index (χ1) is 16.4. The number of para-hydroxylation sites is 1. The first kappa shape index (κ1) is 30.6. The van der Waals surface area contributed by atoms with E-state index in [-0.39, 0.29) is 68.6 Å². The molecule has 0 atom stereocenters. The molecular weight excluding hydrogens is 507 g/mol. The molecule has 2 aromatic rings. The molecule has 2 N–H and O–H groups in total. The molecule has 1 aliphatic heterocycles. The first-order valence-corrected chi connectivity index (χ1v) is 12.9. The van der Waals surface area contributed by atoms with E-state index in [1.165, 1.54) is 19.1 Å². The van der Waals surface area contributed by atoms with Crippen molar-refractivity contribution in [3.05, 3.63) is 66.4 Å². The zero-order chi connectivity index (χ0) is 25.8. The molecule has 0 bridgehead atoms. The number of unbranched alkanes of at least 4 members (excludes halogenated alkanes) is 2. The van der Waals surface area contributed by atoms with Gasteiger partial charge in [-0.3, -0.25) is 19.0 Å². The van der Waals surface area contributed by atoms with E-state index < -0.39 is 21.5 Å². The van der Waals surface area contributed by atoms with Crippen molar-refractivity contribution >= 4 is 39.1 Å². The summed E-state index contributed by atoms with van der Waals surface area (Å²) >= 11 is 0. The third-order valence-corrected chi connectivity index (χ3v) is 7.04. The number of hydrogen-bond donors (Lipinski definition) is 2. The topological polar surface area (TPSA) is 115 Å². The van der Waals surface area contributed by atoms with Crippen molar-refractivity contribution in [2.24, 2.45) is 0 Å². The fraction of sp³-hybridized carbons (Fsp3) is 0.346. The average Bonchev–Trinajstić information content (AvgIpc) is 2.99. The number of nitrogens with zero attached hydrogens (tertiary/aromatic N) is 2.